The van der Waals surface area contributed by atoms with Crippen molar-refractivity contribution in [3.05, 3.63) is 177 Å². The Bertz CT molecular complexity index is 2410. The number of carbonyl (C=O) groups excluding carboxylic acids is 3. The first-order chi connectivity index (χ1) is 26.4. The highest BCUT2D eigenvalue weighted by Crippen LogP contribution is 2.50. The van der Waals surface area contributed by atoms with Gasteiger partial charge in [0.1, 0.15) is 17.9 Å². The molecule has 0 aliphatic carbocycles. The molecule has 0 unspecified atom stereocenters. The van der Waals surface area contributed by atoms with Crippen molar-refractivity contribution in [2.75, 3.05) is 22.9 Å². The highest BCUT2D eigenvalue weighted by Gasteiger charge is 2.41. The lowest BCUT2D eigenvalue weighted by molar-refractivity contribution is -0.122. The van der Waals surface area contributed by atoms with E-state index in [1.165, 1.54) is 16.8 Å². The summed E-state index contributed by atoms with van der Waals surface area (Å²) in [5, 5.41) is 4.79. The number of fused-ring (bicyclic) bond motifs is 1. The van der Waals surface area contributed by atoms with Crippen LogP contribution in [0.4, 0.5) is 16.2 Å². The smallest absolute Gasteiger partial charge is 0.335 e. The monoisotopic (exact) mass is 729 g/mol. The molecule has 6 aromatic rings. The van der Waals surface area contributed by atoms with Gasteiger partial charge in [-0.1, -0.05) is 115 Å². The van der Waals surface area contributed by atoms with E-state index in [1.54, 1.807) is 12.1 Å². The minimum atomic E-state index is -0.777. The Morgan fingerprint density at radius 3 is 2.04 bits per heavy atom. The number of anilines is 2. The highest BCUT2D eigenvalue weighted by molar-refractivity contribution is 6.39. The molecule has 1 N–H and O–H groups in total. The molecular formula is C46H36ClN3O4. The van der Waals surface area contributed by atoms with E-state index >= 15 is 0 Å². The van der Waals surface area contributed by atoms with Gasteiger partial charge in [-0.05, 0) is 87.8 Å². The van der Waals surface area contributed by atoms with Gasteiger partial charge >= 0.3 is 6.03 Å². The zero-order valence-electron chi connectivity index (χ0n) is 29.4. The van der Waals surface area contributed by atoms with E-state index in [4.69, 9.17) is 16.3 Å². The Morgan fingerprint density at radius 2 is 1.37 bits per heavy atom. The van der Waals surface area contributed by atoms with Crippen LogP contribution in [0.1, 0.15) is 58.1 Å². The van der Waals surface area contributed by atoms with Gasteiger partial charge in [0.25, 0.3) is 11.8 Å². The maximum Gasteiger partial charge on any atom is 0.335 e. The molecule has 8 heteroatoms. The first-order valence-corrected chi connectivity index (χ1v) is 18.6. The van der Waals surface area contributed by atoms with Gasteiger partial charge in [-0.25, -0.2) is 9.69 Å². The third-order valence-electron chi connectivity index (χ3n) is 10.9. The maximum atomic E-state index is 14.7. The van der Waals surface area contributed by atoms with Crippen molar-refractivity contribution in [1.82, 2.24) is 5.32 Å². The van der Waals surface area contributed by atoms with Crippen molar-refractivity contribution >= 4 is 57.7 Å². The number of ether oxygens (including phenoxy) is 1. The number of urea groups is 1. The molecule has 0 spiro atoms. The summed E-state index contributed by atoms with van der Waals surface area (Å²) in [6.07, 6.45) is 3.36. The standard InChI is InChI=1S/C46H36ClN3O4/c47-33-16-9-10-29(24-33)28-54-42-19-18-32-15-7-8-17-35(32)38(42)27-41-44(51)48-46(53)50(45(41)52)34-25-39-36(30-11-3-1-4-12-30)20-22-49-23-21-37(40(26-34)43(39)49)31-13-5-2-6-14-31/h1-19,24-27,36-37H,20-23,28H2,(H,48,51,53)/b41-27+/t36-,37+. The minimum absolute atomic E-state index is 0.0696. The van der Waals surface area contributed by atoms with Crippen molar-refractivity contribution in [3.8, 4) is 5.75 Å². The van der Waals surface area contributed by atoms with Gasteiger partial charge < -0.3 is 9.64 Å². The molecule has 0 bridgehead atoms. The predicted molar refractivity (Wildman–Crippen MR) is 213 cm³/mol. The summed E-state index contributed by atoms with van der Waals surface area (Å²) < 4.78 is 6.32. The molecule has 3 aliphatic rings. The number of nitrogens with one attached hydrogen (secondary N) is 1. The molecule has 1 fully saturated rings. The summed E-state index contributed by atoms with van der Waals surface area (Å²) in [4.78, 5) is 45.7. The molecule has 0 saturated carbocycles. The lowest BCUT2D eigenvalue weighted by Gasteiger charge is -2.44. The van der Waals surface area contributed by atoms with E-state index in [-0.39, 0.29) is 24.0 Å². The highest BCUT2D eigenvalue weighted by atomic mass is 35.5. The molecule has 3 aliphatic heterocycles. The van der Waals surface area contributed by atoms with Crippen LogP contribution in [-0.2, 0) is 16.2 Å². The van der Waals surface area contributed by atoms with Gasteiger partial charge in [-0.3, -0.25) is 14.9 Å². The Kier molecular flexibility index (Phi) is 8.72. The second kappa shape index (κ2) is 14.0. The molecule has 266 valence electrons. The van der Waals surface area contributed by atoms with Gasteiger partial charge in [0, 0.05) is 41.2 Å². The maximum absolute atomic E-state index is 14.7. The minimum Gasteiger partial charge on any atom is -0.488 e. The van der Waals surface area contributed by atoms with E-state index in [1.807, 2.05) is 78.9 Å². The number of rotatable bonds is 7. The number of benzene rings is 6. The Morgan fingerprint density at radius 1 is 0.722 bits per heavy atom. The number of hydrogen-bond acceptors (Lipinski definition) is 5. The third kappa shape index (κ3) is 6.10. The molecule has 0 radical (unpaired) electrons. The van der Waals surface area contributed by atoms with Crippen LogP contribution in [0.15, 0.2) is 139 Å². The first-order valence-electron chi connectivity index (χ1n) is 18.3. The van der Waals surface area contributed by atoms with Gasteiger partial charge in [0.05, 0.1) is 5.69 Å². The molecular weight excluding hydrogens is 694 g/mol. The summed E-state index contributed by atoms with van der Waals surface area (Å²) >= 11 is 6.24. The summed E-state index contributed by atoms with van der Waals surface area (Å²) in [5.41, 5.74) is 7.41. The van der Waals surface area contributed by atoms with Crippen LogP contribution < -0.4 is 19.9 Å². The lowest BCUT2D eigenvalue weighted by atomic mass is 9.76. The molecule has 54 heavy (non-hydrogen) atoms. The molecule has 2 atom stereocenters. The van der Waals surface area contributed by atoms with Crippen LogP contribution >= 0.6 is 11.6 Å². The largest absolute Gasteiger partial charge is 0.488 e. The van der Waals surface area contributed by atoms with Crippen molar-refractivity contribution in [3.63, 3.8) is 0 Å². The zero-order chi connectivity index (χ0) is 36.8. The molecule has 3 heterocycles. The van der Waals surface area contributed by atoms with Gasteiger partial charge in [0.15, 0.2) is 0 Å². The van der Waals surface area contributed by atoms with Crippen molar-refractivity contribution in [1.29, 1.82) is 0 Å². The fourth-order valence-corrected chi connectivity index (χ4v) is 8.56. The second-order valence-corrected chi connectivity index (χ2v) is 14.5. The SMILES string of the molecule is O=C1NC(=O)N(c2cc3c4c(c2)[C@H](c2ccccc2)CCN4CC[C@@H]3c2ccccc2)C(=O)/C1=C/c1c(OCc2cccc(Cl)c2)ccc2ccccc12. The van der Waals surface area contributed by atoms with Crippen LogP contribution in [0, 0.1) is 0 Å². The summed E-state index contributed by atoms with van der Waals surface area (Å²) in [6, 6.07) is 42.9. The number of barbiturate groups is 1. The lowest BCUT2D eigenvalue weighted by Crippen LogP contribution is -2.54. The summed E-state index contributed by atoms with van der Waals surface area (Å²) in [5.74, 6) is -0.828. The predicted octanol–water partition coefficient (Wildman–Crippen LogP) is 9.62. The Labute approximate surface area is 318 Å². The fourth-order valence-electron chi connectivity index (χ4n) is 8.34. The van der Waals surface area contributed by atoms with Crippen LogP contribution in [0.5, 0.6) is 5.75 Å². The van der Waals surface area contributed by atoms with E-state index < -0.39 is 17.8 Å². The molecule has 0 aromatic heterocycles. The third-order valence-corrected chi connectivity index (χ3v) is 11.1. The molecule has 1 saturated heterocycles. The number of carbonyl (C=O) groups is 3. The van der Waals surface area contributed by atoms with Gasteiger partial charge in [-0.15, -0.1) is 0 Å². The van der Waals surface area contributed by atoms with Crippen LogP contribution in [-0.4, -0.2) is 30.9 Å². The zero-order valence-corrected chi connectivity index (χ0v) is 30.1. The Balaban J connectivity index is 1.17. The number of amides is 4. The summed E-state index contributed by atoms with van der Waals surface area (Å²) in [6.45, 7) is 2.05. The van der Waals surface area contributed by atoms with Crippen molar-refractivity contribution in [2.45, 2.75) is 31.3 Å². The number of imide groups is 2. The first kappa shape index (κ1) is 33.6. The van der Waals surface area contributed by atoms with Crippen LogP contribution in [0.2, 0.25) is 5.02 Å². The molecule has 9 rings (SSSR count). The quantitative estimate of drug-likeness (QED) is 0.131. The van der Waals surface area contributed by atoms with E-state index in [2.05, 4.69) is 58.7 Å². The van der Waals surface area contributed by atoms with E-state index in [9.17, 15) is 14.4 Å². The van der Waals surface area contributed by atoms with Crippen molar-refractivity contribution < 1.29 is 19.1 Å². The van der Waals surface area contributed by atoms with Gasteiger partial charge in [0.2, 0.25) is 0 Å². The number of nitrogens with zero attached hydrogens (tertiary/aromatic N) is 2. The molecule has 6 aromatic carbocycles. The van der Waals surface area contributed by atoms with Crippen molar-refractivity contribution in [2.24, 2.45) is 0 Å². The topological polar surface area (TPSA) is 79.0 Å². The van der Waals surface area contributed by atoms with Crippen LogP contribution in [0.25, 0.3) is 16.8 Å². The van der Waals surface area contributed by atoms with Crippen LogP contribution in [0.3, 0.4) is 0 Å². The molecule has 4 amide bonds. The number of halogens is 1. The number of hydrogen-bond donors (Lipinski definition) is 1. The fraction of sp³-hybridized carbons (Fsp3) is 0.152. The van der Waals surface area contributed by atoms with E-state index in [0.717, 1.165) is 58.3 Å². The van der Waals surface area contributed by atoms with Gasteiger partial charge in [-0.2, -0.15) is 0 Å². The summed E-state index contributed by atoms with van der Waals surface area (Å²) in [7, 11) is 0. The normalized spacial score (nSPS) is 18.8. The Hall–Kier alpha value is -6.18. The average Bonchev–Trinajstić information content (AvgIpc) is 3.19. The van der Waals surface area contributed by atoms with E-state index in [0.29, 0.717) is 22.0 Å². The average molecular weight is 730 g/mol. The molecule has 7 nitrogen and oxygen atoms in total. The second-order valence-electron chi connectivity index (χ2n) is 14.0.